The summed E-state index contributed by atoms with van der Waals surface area (Å²) in [5.74, 6) is 0.843. The van der Waals surface area contributed by atoms with Crippen molar-refractivity contribution >= 4 is 22.2 Å². The lowest BCUT2D eigenvalue weighted by Crippen LogP contribution is -2.25. The van der Waals surface area contributed by atoms with Gasteiger partial charge < -0.3 is 5.32 Å². The first kappa shape index (κ1) is 15.9. The van der Waals surface area contributed by atoms with Crippen LogP contribution in [0.2, 0.25) is 0 Å². The maximum absolute atomic E-state index is 12.1. The molecule has 0 unspecified atom stereocenters. The molecule has 1 amide bonds. The van der Waals surface area contributed by atoms with Gasteiger partial charge in [-0.05, 0) is 51.4 Å². The first-order chi connectivity index (χ1) is 11.8. The second-order valence-electron chi connectivity index (χ2n) is 7.03. The maximum Gasteiger partial charge on any atom is 0.220 e. The van der Waals surface area contributed by atoms with Crippen LogP contribution in [0.15, 0.2) is 23.2 Å². The molecule has 128 valence electrons. The fourth-order valence-electron chi connectivity index (χ4n) is 3.43. The first-order valence-electron chi connectivity index (χ1n) is 9.19. The molecule has 0 spiro atoms. The highest BCUT2D eigenvalue weighted by atomic mass is 32.1. The van der Waals surface area contributed by atoms with Crippen molar-refractivity contribution in [1.82, 2.24) is 14.7 Å². The second kappa shape index (κ2) is 7.09. The summed E-state index contributed by atoms with van der Waals surface area (Å²) in [6, 6.07) is 0. The molecule has 2 aliphatic rings. The minimum atomic E-state index is 0.160. The lowest BCUT2D eigenvalue weighted by Gasteiger charge is -2.12. The zero-order valence-corrected chi connectivity index (χ0v) is 14.9. The summed E-state index contributed by atoms with van der Waals surface area (Å²) >= 11 is 1.68. The number of carbonyl (C=O) groups excluding carboxylic acids is 1. The number of hydrogen-bond donors (Lipinski definition) is 1. The van der Waals surface area contributed by atoms with Gasteiger partial charge in [0.1, 0.15) is 0 Å². The Bertz CT molecular complexity index is 754. The van der Waals surface area contributed by atoms with Crippen LogP contribution in [0.4, 0.5) is 0 Å². The maximum atomic E-state index is 12.1. The Labute approximate surface area is 147 Å². The Hall–Kier alpha value is -1.62. The number of imidazole rings is 1. The van der Waals surface area contributed by atoms with E-state index in [9.17, 15) is 4.79 Å². The molecule has 2 aromatic heterocycles. The molecule has 0 atom stereocenters. The molecule has 2 aromatic rings. The molecule has 1 N–H and O–H groups in total. The van der Waals surface area contributed by atoms with E-state index >= 15 is 0 Å². The number of aryl methyl sites for hydroxylation is 1. The van der Waals surface area contributed by atoms with E-state index in [1.165, 1.54) is 55.5 Å². The summed E-state index contributed by atoms with van der Waals surface area (Å²) in [6.45, 7) is 0.778. The van der Waals surface area contributed by atoms with E-state index in [1.807, 2.05) is 0 Å². The first-order valence-corrected chi connectivity index (χ1v) is 10.1. The van der Waals surface area contributed by atoms with Gasteiger partial charge in [-0.1, -0.05) is 11.6 Å². The van der Waals surface area contributed by atoms with Crippen LogP contribution >= 0.6 is 11.3 Å². The van der Waals surface area contributed by atoms with Gasteiger partial charge in [0.2, 0.25) is 5.91 Å². The van der Waals surface area contributed by atoms with Gasteiger partial charge in [0.05, 0.1) is 5.69 Å². The predicted molar refractivity (Wildman–Crippen MR) is 97.5 cm³/mol. The molecule has 0 aromatic carbocycles. The third-order valence-electron chi connectivity index (χ3n) is 5.06. The average molecular weight is 343 g/mol. The Morgan fingerprint density at radius 2 is 2.25 bits per heavy atom. The molecule has 24 heavy (non-hydrogen) atoms. The largest absolute Gasteiger partial charge is 0.356 e. The molecule has 0 radical (unpaired) electrons. The molecule has 1 saturated carbocycles. The topological polar surface area (TPSA) is 46.4 Å². The SMILES string of the molecule is O=C(CCc1csc2nc(C3CC3)cn12)NCCC1=CCCCC1. The average Bonchev–Trinajstić information content (AvgIpc) is 3.25. The van der Waals surface area contributed by atoms with Gasteiger partial charge in [-0.25, -0.2) is 4.98 Å². The summed E-state index contributed by atoms with van der Waals surface area (Å²) in [5, 5.41) is 5.21. The van der Waals surface area contributed by atoms with Crippen molar-refractivity contribution in [2.75, 3.05) is 6.54 Å². The smallest absolute Gasteiger partial charge is 0.220 e. The lowest BCUT2D eigenvalue weighted by molar-refractivity contribution is -0.121. The van der Waals surface area contributed by atoms with Crippen LogP contribution in [0.1, 0.15) is 68.7 Å². The molecule has 0 aliphatic heterocycles. The minimum Gasteiger partial charge on any atom is -0.356 e. The summed E-state index contributed by atoms with van der Waals surface area (Å²) < 4.78 is 2.18. The van der Waals surface area contributed by atoms with Crippen LogP contribution < -0.4 is 5.32 Å². The van der Waals surface area contributed by atoms with Gasteiger partial charge in [-0.2, -0.15) is 0 Å². The van der Waals surface area contributed by atoms with Crippen molar-refractivity contribution < 1.29 is 4.79 Å². The summed E-state index contributed by atoms with van der Waals surface area (Å²) in [5.41, 5.74) is 3.96. The van der Waals surface area contributed by atoms with Crippen LogP contribution in [0.5, 0.6) is 0 Å². The van der Waals surface area contributed by atoms with E-state index < -0.39 is 0 Å². The van der Waals surface area contributed by atoms with E-state index in [2.05, 4.69) is 27.4 Å². The van der Waals surface area contributed by atoms with Crippen LogP contribution in [-0.4, -0.2) is 21.8 Å². The number of allylic oxidation sites excluding steroid dienone is 1. The van der Waals surface area contributed by atoms with Crippen molar-refractivity contribution in [2.45, 2.75) is 63.7 Å². The summed E-state index contributed by atoms with van der Waals surface area (Å²) in [6.07, 6.45) is 14.5. The summed E-state index contributed by atoms with van der Waals surface area (Å²) in [7, 11) is 0. The molecule has 0 bridgehead atoms. The number of nitrogens with zero attached hydrogens (tertiary/aromatic N) is 2. The van der Waals surface area contributed by atoms with Gasteiger partial charge in [0, 0.05) is 36.2 Å². The zero-order valence-electron chi connectivity index (χ0n) is 14.1. The summed E-state index contributed by atoms with van der Waals surface area (Å²) in [4.78, 5) is 17.9. The highest BCUT2D eigenvalue weighted by molar-refractivity contribution is 7.15. The Kier molecular flexibility index (Phi) is 4.69. The molecule has 4 nitrogen and oxygen atoms in total. The number of rotatable bonds is 7. The van der Waals surface area contributed by atoms with Crippen molar-refractivity contribution in [3.8, 4) is 0 Å². The van der Waals surface area contributed by atoms with Crippen molar-refractivity contribution in [2.24, 2.45) is 0 Å². The van der Waals surface area contributed by atoms with Crippen LogP contribution in [0.25, 0.3) is 4.96 Å². The number of nitrogens with one attached hydrogen (secondary N) is 1. The van der Waals surface area contributed by atoms with Gasteiger partial charge in [0.25, 0.3) is 0 Å². The number of amides is 1. The third-order valence-corrected chi connectivity index (χ3v) is 5.95. The number of thiazole rings is 1. The quantitative estimate of drug-likeness (QED) is 0.765. The minimum absolute atomic E-state index is 0.160. The number of aromatic nitrogens is 2. The zero-order chi connectivity index (χ0) is 16.4. The fourth-order valence-corrected chi connectivity index (χ4v) is 4.34. The monoisotopic (exact) mass is 343 g/mol. The molecular weight excluding hydrogens is 318 g/mol. The van der Waals surface area contributed by atoms with Crippen molar-refractivity contribution in [3.63, 3.8) is 0 Å². The molecular formula is C19H25N3OS. The second-order valence-corrected chi connectivity index (χ2v) is 7.86. The Balaban J connectivity index is 1.25. The van der Waals surface area contributed by atoms with E-state index in [-0.39, 0.29) is 5.91 Å². The van der Waals surface area contributed by atoms with Crippen LogP contribution in [-0.2, 0) is 11.2 Å². The normalized spacial score (nSPS) is 17.9. The molecule has 1 fully saturated rings. The van der Waals surface area contributed by atoms with Crippen molar-refractivity contribution in [1.29, 1.82) is 0 Å². The standard InChI is InChI=1S/C19H25N3OS/c23-18(20-11-10-14-4-2-1-3-5-14)9-8-16-13-24-19-21-17(12-22(16)19)15-6-7-15/h4,12-13,15H,1-3,5-11H2,(H,20,23). The van der Waals surface area contributed by atoms with E-state index in [0.717, 1.165) is 24.3 Å². The van der Waals surface area contributed by atoms with E-state index in [1.54, 1.807) is 11.3 Å². The third kappa shape index (κ3) is 3.72. The molecule has 0 saturated heterocycles. The number of hydrogen-bond acceptors (Lipinski definition) is 3. The van der Waals surface area contributed by atoms with E-state index in [4.69, 9.17) is 4.98 Å². The van der Waals surface area contributed by atoms with Gasteiger partial charge in [-0.15, -0.1) is 11.3 Å². The van der Waals surface area contributed by atoms with E-state index in [0.29, 0.717) is 12.3 Å². The number of carbonyl (C=O) groups is 1. The Morgan fingerprint density at radius 3 is 3.04 bits per heavy atom. The molecule has 2 heterocycles. The molecule has 4 rings (SSSR count). The fraction of sp³-hybridized carbons (Fsp3) is 0.579. The highest BCUT2D eigenvalue weighted by Gasteiger charge is 2.26. The molecule has 2 aliphatic carbocycles. The van der Waals surface area contributed by atoms with Crippen LogP contribution in [0.3, 0.4) is 0 Å². The number of fused-ring (bicyclic) bond motifs is 1. The van der Waals surface area contributed by atoms with Crippen LogP contribution in [0, 0.1) is 0 Å². The van der Waals surface area contributed by atoms with Gasteiger partial charge >= 0.3 is 0 Å². The van der Waals surface area contributed by atoms with Gasteiger partial charge in [0.15, 0.2) is 4.96 Å². The highest BCUT2D eigenvalue weighted by Crippen LogP contribution is 2.40. The van der Waals surface area contributed by atoms with Crippen molar-refractivity contribution in [3.05, 3.63) is 34.6 Å². The Morgan fingerprint density at radius 1 is 1.33 bits per heavy atom. The predicted octanol–water partition coefficient (Wildman–Crippen LogP) is 4.21. The molecule has 5 heteroatoms. The lowest BCUT2D eigenvalue weighted by atomic mass is 9.97. The van der Waals surface area contributed by atoms with Gasteiger partial charge in [-0.3, -0.25) is 9.20 Å².